The van der Waals surface area contributed by atoms with Gasteiger partial charge < -0.3 is 20.1 Å². The standard InChI is InChI=1S/C24H29ClN4O4/c1-2-27-22-21(23(31)28(24(27)32)13-5-14-30)26-20(8-4-15-33-19-6-3-7-19)29(22)16-17-9-11-18(25)12-10-17/h9-12,19-20,26,30H,2-3,5-7,13-16H2,1H3. The largest absolute Gasteiger partial charge is 0.396 e. The van der Waals surface area contributed by atoms with Crippen molar-refractivity contribution < 1.29 is 9.84 Å². The Kier molecular flexibility index (Phi) is 7.43. The SMILES string of the molecule is CCn1c2c(c(=O)n(CCCO)c1=O)NC(C#CCOC1CCC1)N2Cc1ccc(Cl)cc1. The number of benzene rings is 1. The number of aromatic nitrogens is 2. The van der Waals surface area contributed by atoms with Gasteiger partial charge >= 0.3 is 5.69 Å². The van der Waals surface area contributed by atoms with Crippen LogP contribution < -0.4 is 21.5 Å². The first-order valence-corrected chi connectivity index (χ1v) is 11.8. The number of hydrogen-bond donors (Lipinski definition) is 2. The predicted molar refractivity (Wildman–Crippen MR) is 129 cm³/mol. The molecule has 0 bridgehead atoms. The van der Waals surface area contributed by atoms with Crippen molar-refractivity contribution in [3.63, 3.8) is 0 Å². The summed E-state index contributed by atoms with van der Waals surface area (Å²) in [5.41, 5.74) is 0.539. The van der Waals surface area contributed by atoms with Gasteiger partial charge in [0, 0.05) is 31.3 Å². The van der Waals surface area contributed by atoms with E-state index in [1.165, 1.54) is 11.0 Å². The summed E-state index contributed by atoms with van der Waals surface area (Å²) in [6, 6.07) is 7.46. The van der Waals surface area contributed by atoms with Crippen LogP contribution in [-0.2, 0) is 24.4 Å². The van der Waals surface area contributed by atoms with Gasteiger partial charge in [0.15, 0.2) is 6.17 Å². The molecule has 176 valence electrons. The summed E-state index contributed by atoms with van der Waals surface area (Å²) in [5, 5.41) is 13.1. The van der Waals surface area contributed by atoms with Crippen LogP contribution in [0.4, 0.5) is 11.5 Å². The zero-order valence-corrected chi connectivity index (χ0v) is 19.5. The fraction of sp³-hybridized carbons (Fsp3) is 0.500. The average molecular weight is 473 g/mol. The van der Waals surface area contributed by atoms with Crippen molar-refractivity contribution in [2.75, 3.05) is 23.4 Å². The number of rotatable bonds is 8. The van der Waals surface area contributed by atoms with Gasteiger partial charge in [0.2, 0.25) is 0 Å². The molecule has 4 rings (SSSR count). The summed E-state index contributed by atoms with van der Waals surface area (Å²) in [6.07, 6.45) is 3.49. The minimum atomic E-state index is -0.487. The van der Waals surface area contributed by atoms with Crippen LogP contribution >= 0.6 is 11.6 Å². The summed E-state index contributed by atoms with van der Waals surface area (Å²) >= 11 is 6.04. The van der Waals surface area contributed by atoms with Crippen LogP contribution in [-0.4, -0.2) is 39.7 Å². The van der Waals surface area contributed by atoms with E-state index in [4.69, 9.17) is 16.3 Å². The third-order valence-electron chi connectivity index (χ3n) is 6.07. The first-order valence-electron chi connectivity index (χ1n) is 11.4. The molecular weight excluding hydrogens is 444 g/mol. The molecule has 33 heavy (non-hydrogen) atoms. The quantitative estimate of drug-likeness (QED) is 0.573. The van der Waals surface area contributed by atoms with Crippen LogP contribution in [0.5, 0.6) is 0 Å². The molecule has 8 nitrogen and oxygen atoms in total. The monoisotopic (exact) mass is 472 g/mol. The molecule has 0 spiro atoms. The van der Waals surface area contributed by atoms with E-state index in [0.29, 0.717) is 48.7 Å². The molecule has 1 aliphatic carbocycles. The second kappa shape index (κ2) is 10.5. The Morgan fingerprint density at radius 3 is 2.61 bits per heavy atom. The molecule has 1 aromatic carbocycles. The van der Waals surface area contributed by atoms with E-state index in [2.05, 4.69) is 17.2 Å². The second-order valence-corrected chi connectivity index (χ2v) is 8.68. The fourth-order valence-electron chi connectivity index (χ4n) is 4.06. The van der Waals surface area contributed by atoms with Crippen molar-refractivity contribution in [2.24, 2.45) is 0 Å². The number of nitrogens with zero attached hydrogens (tertiary/aromatic N) is 3. The Morgan fingerprint density at radius 2 is 1.97 bits per heavy atom. The van der Waals surface area contributed by atoms with Crippen molar-refractivity contribution in [1.82, 2.24) is 9.13 Å². The highest BCUT2D eigenvalue weighted by molar-refractivity contribution is 6.30. The molecule has 9 heteroatoms. The molecule has 0 amide bonds. The molecule has 0 radical (unpaired) electrons. The van der Waals surface area contributed by atoms with Crippen molar-refractivity contribution in [2.45, 2.75) is 64.5 Å². The number of aliphatic hydroxyl groups is 1. The van der Waals surface area contributed by atoms with Gasteiger partial charge in [-0.2, -0.15) is 0 Å². The lowest BCUT2D eigenvalue weighted by molar-refractivity contribution is 0.0216. The molecule has 1 atom stereocenters. The van der Waals surface area contributed by atoms with Gasteiger partial charge in [-0.05, 0) is 50.3 Å². The van der Waals surface area contributed by atoms with E-state index in [0.717, 1.165) is 18.4 Å². The predicted octanol–water partition coefficient (Wildman–Crippen LogP) is 2.40. The number of halogens is 1. The highest BCUT2D eigenvalue weighted by Crippen LogP contribution is 2.32. The molecule has 2 aromatic rings. The lowest BCUT2D eigenvalue weighted by Gasteiger charge is -2.26. The maximum atomic E-state index is 13.2. The number of nitrogens with one attached hydrogen (secondary N) is 1. The third kappa shape index (κ3) is 4.96. The molecule has 2 N–H and O–H groups in total. The third-order valence-corrected chi connectivity index (χ3v) is 6.32. The first-order chi connectivity index (χ1) is 16.0. The fourth-order valence-corrected chi connectivity index (χ4v) is 4.19. The first kappa shape index (κ1) is 23.4. The van der Waals surface area contributed by atoms with Crippen molar-refractivity contribution in [3.05, 3.63) is 55.7 Å². The van der Waals surface area contributed by atoms with E-state index in [1.54, 1.807) is 4.57 Å². The van der Waals surface area contributed by atoms with E-state index in [9.17, 15) is 14.7 Å². The van der Waals surface area contributed by atoms with Crippen LogP contribution in [0.2, 0.25) is 5.02 Å². The Hall–Kier alpha value is -2.73. The minimum absolute atomic E-state index is 0.0969. The summed E-state index contributed by atoms with van der Waals surface area (Å²) < 4.78 is 8.52. The number of anilines is 2. The molecule has 1 aromatic heterocycles. The summed E-state index contributed by atoms with van der Waals surface area (Å²) in [7, 11) is 0. The van der Waals surface area contributed by atoms with Crippen molar-refractivity contribution in [1.29, 1.82) is 0 Å². The lowest BCUT2D eigenvalue weighted by atomic mass is 9.96. The molecule has 2 aliphatic rings. The second-order valence-electron chi connectivity index (χ2n) is 8.25. The average Bonchev–Trinajstić information content (AvgIpc) is 3.12. The Labute approximate surface area is 197 Å². The van der Waals surface area contributed by atoms with Gasteiger partial charge in [0.25, 0.3) is 5.56 Å². The van der Waals surface area contributed by atoms with Crippen LogP contribution in [0.1, 0.15) is 38.2 Å². The summed E-state index contributed by atoms with van der Waals surface area (Å²) in [5.74, 6) is 6.79. The van der Waals surface area contributed by atoms with Gasteiger partial charge in [-0.3, -0.25) is 13.9 Å². The lowest BCUT2D eigenvalue weighted by Crippen LogP contribution is -2.41. The van der Waals surface area contributed by atoms with Gasteiger partial charge in [-0.1, -0.05) is 35.6 Å². The maximum Gasteiger partial charge on any atom is 0.332 e. The van der Waals surface area contributed by atoms with Crippen LogP contribution in [0.25, 0.3) is 0 Å². The van der Waals surface area contributed by atoms with Crippen LogP contribution in [0.15, 0.2) is 33.9 Å². The molecule has 1 aliphatic heterocycles. The van der Waals surface area contributed by atoms with Crippen molar-refractivity contribution in [3.8, 4) is 11.8 Å². The van der Waals surface area contributed by atoms with E-state index >= 15 is 0 Å². The molecule has 1 saturated carbocycles. The number of hydrogen-bond acceptors (Lipinski definition) is 6. The van der Waals surface area contributed by atoms with Gasteiger partial charge in [0.1, 0.15) is 18.1 Å². The highest BCUT2D eigenvalue weighted by atomic mass is 35.5. The Bertz CT molecular complexity index is 1160. The van der Waals surface area contributed by atoms with E-state index in [-0.39, 0.29) is 18.8 Å². The van der Waals surface area contributed by atoms with Gasteiger partial charge in [-0.25, -0.2) is 4.79 Å². The molecule has 1 unspecified atom stereocenters. The molecular formula is C24H29ClN4O4. The van der Waals surface area contributed by atoms with Crippen LogP contribution in [0, 0.1) is 11.8 Å². The summed E-state index contributed by atoms with van der Waals surface area (Å²) in [6.45, 7) is 3.10. The normalized spacial score (nSPS) is 17.2. The highest BCUT2D eigenvalue weighted by Gasteiger charge is 2.34. The van der Waals surface area contributed by atoms with Gasteiger partial charge in [-0.15, -0.1) is 0 Å². The Morgan fingerprint density at radius 1 is 1.21 bits per heavy atom. The maximum absolute atomic E-state index is 13.2. The Balaban J connectivity index is 1.71. The van der Waals surface area contributed by atoms with Gasteiger partial charge in [0.05, 0.1) is 6.10 Å². The smallest absolute Gasteiger partial charge is 0.332 e. The molecule has 1 fully saturated rings. The van der Waals surface area contributed by atoms with E-state index < -0.39 is 11.7 Å². The summed E-state index contributed by atoms with van der Waals surface area (Å²) in [4.78, 5) is 28.3. The number of ether oxygens (including phenoxy) is 1. The molecule has 2 heterocycles. The number of fused-ring (bicyclic) bond motifs is 1. The molecule has 0 saturated heterocycles. The minimum Gasteiger partial charge on any atom is -0.396 e. The zero-order valence-electron chi connectivity index (χ0n) is 18.7. The van der Waals surface area contributed by atoms with Crippen molar-refractivity contribution >= 4 is 23.1 Å². The topological polar surface area (TPSA) is 88.7 Å². The van der Waals surface area contributed by atoms with Crippen LogP contribution in [0.3, 0.4) is 0 Å². The zero-order chi connectivity index (χ0) is 23.4. The van der Waals surface area contributed by atoms with E-state index in [1.807, 2.05) is 36.1 Å². The number of aliphatic hydroxyl groups excluding tert-OH is 1.